The van der Waals surface area contributed by atoms with E-state index < -0.39 is 17.1 Å². The number of hydrogen-bond acceptors (Lipinski definition) is 7. The average molecular weight is 528 g/mol. The fourth-order valence-electron chi connectivity index (χ4n) is 3.50. The highest BCUT2D eigenvalue weighted by molar-refractivity contribution is 8.18. The van der Waals surface area contributed by atoms with Crippen LogP contribution in [0.15, 0.2) is 65.6 Å². The van der Waals surface area contributed by atoms with Gasteiger partial charge in [0.15, 0.2) is 11.5 Å². The molecular weight excluding hydrogens is 513 g/mol. The van der Waals surface area contributed by atoms with Gasteiger partial charge in [0.1, 0.15) is 5.75 Å². The lowest BCUT2D eigenvalue weighted by Gasteiger charge is -2.14. The van der Waals surface area contributed by atoms with Crippen molar-refractivity contribution in [1.29, 1.82) is 0 Å². The Bertz CT molecular complexity index is 1410. The Hall–Kier alpha value is -3.46. The lowest BCUT2D eigenvalue weighted by Crippen LogP contribution is -2.27. The standard InChI is InChI=1S/C25H15Cl2NO6S/c26-18-7-2-1-6-17(18)24(30)34-16-5-3-4-14(8-16)9-22-23(29)28(25(31)35-22)12-15-10-20-21(11-19(15)27)33-13-32-20/h1-11H,12-13H2/b22-9-. The fraction of sp³-hybridized carbons (Fsp3) is 0.0800. The zero-order valence-corrected chi connectivity index (χ0v) is 20.2. The van der Waals surface area contributed by atoms with Crippen LogP contribution in [0.2, 0.25) is 10.0 Å². The molecule has 0 radical (unpaired) electrons. The van der Waals surface area contributed by atoms with Gasteiger partial charge < -0.3 is 14.2 Å². The molecule has 2 heterocycles. The molecule has 0 spiro atoms. The number of nitrogens with zero attached hydrogens (tertiary/aromatic N) is 1. The van der Waals surface area contributed by atoms with E-state index in [0.717, 1.165) is 16.7 Å². The molecule has 0 unspecified atom stereocenters. The monoisotopic (exact) mass is 527 g/mol. The van der Waals surface area contributed by atoms with Gasteiger partial charge in [0.05, 0.1) is 22.0 Å². The van der Waals surface area contributed by atoms with E-state index in [-0.39, 0.29) is 34.6 Å². The van der Waals surface area contributed by atoms with Crippen molar-refractivity contribution in [3.05, 3.63) is 92.3 Å². The van der Waals surface area contributed by atoms with Gasteiger partial charge in [-0.1, -0.05) is 47.5 Å². The Balaban J connectivity index is 1.32. The number of imide groups is 1. The van der Waals surface area contributed by atoms with E-state index in [2.05, 4.69) is 0 Å². The van der Waals surface area contributed by atoms with Gasteiger partial charge in [-0.25, -0.2) is 4.79 Å². The third-order valence-electron chi connectivity index (χ3n) is 5.20. The number of benzene rings is 3. The van der Waals surface area contributed by atoms with E-state index in [1.165, 1.54) is 0 Å². The van der Waals surface area contributed by atoms with E-state index >= 15 is 0 Å². The summed E-state index contributed by atoms with van der Waals surface area (Å²) in [6.45, 7) is 0.0825. The van der Waals surface area contributed by atoms with Crippen molar-refractivity contribution in [1.82, 2.24) is 4.90 Å². The van der Waals surface area contributed by atoms with E-state index in [1.54, 1.807) is 66.7 Å². The maximum absolute atomic E-state index is 13.0. The van der Waals surface area contributed by atoms with Crippen LogP contribution in [0.1, 0.15) is 21.5 Å². The summed E-state index contributed by atoms with van der Waals surface area (Å²) >= 11 is 13.2. The second kappa shape index (κ2) is 9.65. The number of rotatable bonds is 5. The Kier molecular flexibility index (Phi) is 6.42. The Morgan fingerprint density at radius 2 is 1.77 bits per heavy atom. The SMILES string of the molecule is O=C(Oc1cccc(/C=C2\SC(=O)N(Cc3cc4c(cc3Cl)OCO4)C2=O)c1)c1ccccc1Cl. The first-order valence-electron chi connectivity index (χ1n) is 10.3. The van der Waals surface area contributed by atoms with Crippen molar-refractivity contribution in [3.63, 3.8) is 0 Å². The molecule has 1 saturated heterocycles. The Morgan fingerprint density at radius 1 is 1.00 bits per heavy atom. The third kappa shape index (κ3) is 4.86. The van der Waals surface area contributed by atoms with Gasteiger partial charge in [-0.15, -0.1) is 0 Å². The van der Waals surface area contributed by atoms with Gasteiger partial charge in [0, 0.05) is 11.1 Å². The zero-order valence-electron chi connectivity index (χ0n) is 17.8. The summed E-state index contributed by atoms with van der Waals surface area (Å²) in [6, 6.07) is 16.4. The van der Waals surface area contributed by atoms with Gasteiger partial charge in [0.25, 0.3) is 11.1 Å². The molecule has 35 heavy (non-hydrogen) atoms. The maximum Gasteiger partial charge on any atom is 0.345 e. The third-order valence-corrected chi connectivity index (χ3v) is 6.79. The molecule has 0 saturated carbocycles. The summed E-state index contributed by atoms with van der Waals surface area (Å²) in [4.78, 5) is 39.3. The lowest BCUT2D eigenvalue weighted by atomic mass is 10.1. The van der Waals surface area contributed by atoms with Crippen LogP contribution in [0, 0.1) is 0 Å². The maximum atomic E-state index is 13.0. The van der Waals surface area contributed by atoms with Crippen LogP contribution in [0.25, 0.3) is 6.08 Å². The number of thioether (sulfide) groups is 1. The molecule has 2 aliphatic rings. The van der Waals surface area contributed by atoms with E-state index in [1.807, 2.05) is 0 Å². The molecule has 0 aliphatic carbocycles. The van der Waals surface area contributed by atoms with E-state index in [9.17, 15) is 14.4 Å². The minimum atomic E-state index is -0.603. The molecule has 1 fully saturated rings. The molecular formula is C25H15Cl2NO6S. The highest BCUT2D eigenvalue weighted by Crippen LogP contribution is 2.39. The number of esters is 1. The van der Waals surface area contributed by atoms with Crippen LogP contribution in [-0.4, -0.2) is 28.8 Å². The molecule has 0 aromatic heterocycles. The van der Waals surface area contributed by atoms with Gasteiger partial charge >= 0.3 is 5.97 Å². The van der Waals surface area contributed by atoms with E-state index in [0.29, 0.717) is 27.6 Å². The predicted molar refractivity (Wildman–Crippen MR) is 132 cm³/mol. The summed E-state index contributed by atoms with van der Waals surface area (Å²) < 4.78 is 16.1. The first-order chi connectivity index (χ1) is 16.9. The van der Waals surface area contributed by atoms with E-state index in [4.69, 9.17) is 37.4 Å². The molecule has 176 valence electrons. The van der Waals surface area contributed by atoms with Crippen molar-refractivity contribution in [2.24, 2.45) is 0 Å². The number of amides is 2. The summed E-state index contributed by atoms with van der Waals surface area (Å²) in [5.41, 5.74) is 1.39. The normalized spacial score (nSPS) is 15.7. The van der Waals surface area contributed by atoms with Crippen LogP contribution in [-0.2, 0) is 11.3 Å². The lowest BCUT2D eigenvalue weighted by molar-refractivity contribution is -0.123. The smallest absolute Gasteiger partial charge is 0.345 e. The molecule has 10 heteroatoms. The van der Waals surface area contributed by atoms with Crippen LogP contribution >= 0.6 is 35.0 Å². The Labute approximate surface area is 214 Å². The van der Waals surface area contributed by atoms with Crippen LogP contribution in [0.3, 0.4) is 0 Å². The minimum Gasteiger partial charge on any atom is -0.454 e. The average Bonchev–Trinajstić information content (AvgIpc) is 3.38. The number of carbonyl (C=O) groups is 3. The number of hydrogen-bond donors (Lipinski definition) is 0. The predicted octanol–water partition coefficient (Wildman–Crippen LogP) is 6.18. The van der Waals surface area contributed by atoms with Crippen molar-refractivity contribution in [2.75, 3.05) is 6.79 Å². The van der Waals surface area contributed by atoms with Gasteiger partial charge in [-0.3, -0.25) is 14.5 Å². The molecule has 0 N–H and O–H groups in total. The quantitative estimate of drug-likeness (QED) is 0.222. The minimum absolute atomic E-state index is 0.00698. The van der Waals surface area contributed by atoms with Crippen molar-refractivity contribution < 1.29 is 28.6 Å². The highest BCUT2D eigenvalue weighted by atomic mass is 35.5. The molecule has 3 aromatic rings. The summed E-state index contributed by atoms with van der Waals surface area (Å²) in [5, 5.41) is 0.228. The fourth-order valence-corrected chi connectivity index (χ4v) is 4.76. The largest absolute Gasteiger partial charge is 0.454 e. The van der Waals surface area contributed by atoms with Crippen molar-refractivity contribution in [2.45, 2.75) is 6.54 Å². The molecule has 2 amide bonds. The van der Waals surface area contributed by atoms with Crippen LogP contribution < -0.4 is 14.2 Å². The molecule has 2 aliphatic heterocycles. The van der Waals surface area contributed by atoms with Crippen LogP contribution in [0.4, 0.5) is 4.79 Å². The molecule has 5 rings (SSSR count). The van der Waals surface area contributed by atoms with Gasteiger partial charge in [-0.2, -0.15) is 0 Å². The number of fused-ring (bicyclic) bond motifs is 1. The molecule has 0 bridgehead atoms. The zero-order chi connectivity index (χ0) is 24.5. The summed E-state index contributed by atoms with van der Waals surface area (Å²) in [6.07, 6.45) is 1.57. The first kappa shape index (κ1) is 23.3. The molecule has 7 nitrogen and oxygen atoms in total. The van der Waals surface area contributed by atoms with Crippen molar-refractivity contribution >= 4 is 58.2 Å². The summed E-state index contributed by atoms with van der Waals surface area (Å²) in [7, 11) is 0. The number of ether oxygens (including phenoxy) is 3. The van der Waals surface area contributed by atoms with Crippen molar-refractivity contribution in [3.8, 4) is 17.2 Å². The number of carbonyl (C=O) groups excluding carboxylic acids is 3. The van der Waals surface area contributed by atoms with Crippen LogP contribution in [0.5, 0.6) is 17.2 Å². The van der Waals surface area contributed by atoms with Gasteiger partial charge in [0.2, 0.25) is 6.79 Å². The van der Waals surface area contributed by atoms with Gasteiger partial charge in [-0.05, 0) is 59.3 Å². The highest BCUT2D eigenvalue weighted by Gasteiger charge is 2.35. The second-order valence-electron chi connectivity index (χ2n) is 7.51. The first-order valence-corrected chi connectivity index (χ1v) is 11.9. The summed E-state index contributed by atoms with van der Waals surface area (Å²) in [5.74, 6) is 0.244. The Morgan fingerprint density at radius 3 is 2.57 bits per heavy atom. The molecule has 0 atom stereocenters. The molecule has 3 aromatic carbocycles. The number of halogens is 2. The second-order valence-corrected chi connectivity index (χ2v) is 9.31. The topological polar surface area (TPSA) is 82.1 Å².